The van der Waals surface area contributed by atoms with Crippen LogP contribution < -0.4 is 4.74 Å². The Hall–Kier alpha value is -3.06. The van der Waals surface area contributed by atoms with Gasteiger partial charge in [-0.2, -0.15) is 0 Å². The van der Waals surface area contributed by atoms with E-state index in [4.69, 9.17) is 16.3 Å². The van der Waals surface area contributed by atoms with Gasteiger partial charge in [0.2, 0.25) is 0 Å². The maximum atomic E-state index is 11.5. The molecule has 0 N–H and O–H groups in total. The number of hydrogen-bond acceptors (Lipinski definition) is 6. The second-order valence-corrected chi connectivity index (χ2v) is 7.63. The molecule has 0 amide bonds. The molecule has 3 aromatic heterocycles. The predicted octanol–water partition coefficient (Wildman–Crippen LogP) is 4.19. The zero-order valence-corrected chi connectivity index (χ0v) is 16.6. The molecule has 0 spiro atoms. The average Bonchev–Trinajstić information content (AvgIpc) is 3.17. The van der Waals surface area contributed by atoms with Gasteiger partial charge in [-0.25, -0.2) is 9.97 Å². The SMILES string of the molecule is Cc1nc2cccnc2n2c(-c3cc(OC4CCC(=O)CC4)ccc3Cl)nnc12. The van der Waals surface area contributed by atoms with Crippen molar-refractivity contribution in [3.05, 3.63) is 47.2 Å². The van der Waals surface area contributed by atoms with Gasteiger partial charge in [-0.3, -0.25) is 9.20 Å². The number of pyridine rings is 1. The first-order valence-corrected chi connectivity index (χ1v) is 9.92. The average molecular weight is 408 g/mol. The molecule has 4 aromatic rings. The minimum absolute atomic E-state index is 0.0332. The largest absolute Gasteiger partial charge is 0.490 e. The standard InChI is InChI=1S/C21H18ClN5O2/c1-12-19-25-26-20(27(19)21-18(24-12)3-2-10-23-21)16-11-15(8-9-17(16)22)29-14-6-4-13(28)5-7-14/h2-3,8-11,14H,4-7H2,1H3. The molecule has 8 heteroatoms. The van der Waals surface area contributed by atoms with Gasteiger partial charge in [0, 0.05) is 24.6 Å². The highest BCUT2D eigenvalue weighted by molar-refractivity contribution is 6.33. The molecule has 0 aliphatic heterocycles. The van der Waals surface area contributed by atoms with Crippen LogP contribution in [0.3, 0.4) is 0 Å². The van der Waals surface area contributed by atoms with E-state index in [9.17, 15) is 4.79 Å². The highest BCUT2D eigenvalue weighted by Crippen LogP contribution is 2.33. The van der Waals surface area contributed by atoms with E-state index < -0.39 is 0 Å². The maximum Gasteiger partial charge on any atom is 0.184 e. The molecule has 1 fully saturated rings. The molecular formula is C21H18ClN5O2. The molecule has 5 rings (SSSR count). The Labute approximate surface area is 171 Å². The van der Waals surface area contributed by atoms with Gasteiger partial charge in [-0.05, 0) is 50.1 Å². The summed E-state index contributed by atoms with van der Waals surface area (Å²) in [6, 6.07) is 9.27. The third kappa shape index (κ3) is 3.21. The number of Topliss-reactive ketones (excluding diaryl/α,β-unsaturated/α-hetero) is 1. The third-order valence-corrected chi connectivity index (χ3v) is 5.55. The second-order valence-electron chi connectivity index (χ2n) is 7.22. The first-order valence-electron chi connectivity index (χ1n) is 9.55. The van der Waals surface area contributed by atoms with E-state index >= 15 is 0 Å². The molecule has 0 unspecified atom stereocenters. The molecular weight excluding hydrogens is 390 g/mol. The van der Waals surface area contributed by atoms with Crippen LogP contribution in [0.5, 0.6) is 5.75 Å². The minimum atomic E-state index is 0.0332. The van der Waals surface area contributed by atoms with Crippen LogP contribution in [0, 0.1) is 6.92 Å². The molecule has 0 radical (unpaired) electrons. The van der Waals surface area contributed by atoms with Crippen molar-refractivity contribution in [1.82, 2.24) is 24.6 Å². The van der Waals surface area contributed by atoms with Gasteiger partial charge in [0.15, 0.2) is 17.1 Å². The summed E-state index contributed by atoms with van der Waals surface area (Å²) in [5.74, 6) is 1.59. The van der Waals surface area contributed by atoms with Gasteiger partial charge in [-0.15, -0.1) is 10.2 Å². The monoisotopic (exact) mass is 407 g/mol. The zero-order chi connectivity index (χ0) is 20.0. The summed E-state index contributed by atoms with van der Waals surface area (Å²) in [5, 5.41) is 9.24. The highest BCUT2D eigenvalue weighted by atomic mass is 35.5. The Bertz CT molecular complexity index is 1240. The topological polar surface area (TPSA) is 82.3 Å². The van der Waals surface area contributed by atoms with E-state index in [1.54, 1.807) is 12.3 Å². The molecule has 0 saturated heterocycles. The number of fused-ring (bicyclic) bond motifs is 3. The van der Waals surface area contributed by atoms with Crippen molar-refractivity contribution in [3.63, 3.8) is 0 Å². The number of aryl methyl sites for hydroxylation is 1. The number of carbonyl (C=O) groups is 1. The second kappa shape index (κ2) is 7.08. The van der Waals surface area contributed by atoms with E-state index in [1.165, 1.54) is 0 Å². The van der Waals surface area contributed by atoms with Gasteiger partial charge in [-0.1, -0.05) is 11.6 Å². The predicted molar refractivity (Wildman–Crippen MR) is 109 cm³/mol. The summed E-state index contributed by atoms with van der Waals surface area (Å²) in [6.07, 6.45) is 4.38. The number of aromatic nitrogens is 5. The summed E-state index contributed by atoms with van der Waals surface area (Å²) >= 11 is 6.52. The Balaban J connectivity index is 1.61. The summed E-state index contributed by atoms with van der Waals surface area (Å²) < 4.78 is 8.00. The fourth-order valence-electron chi connectivity index (χ4n) is 3.74. The molecule has 3 heterocycles. The van der Waals surface area contributed by atoms with Gasteiger partial charge in [0.25, 0.3) is 0 Å². The van der Waals surface area contributed by atoms with Crippen LogP contribution >= 0.6 is 11.6 Å². The molecule has 0 atom stereocenters. The molecule has 1 aromatic carbocycles. The lowest BCUT2D eigenvalue weighted by Gasteiger charge is -2.22. The number of carbonyl (C=O) groups excluding carboxylic acids is 1. The van der Waals surface area contributed by atoms with Gasteiger partial charge in [0.05, 0.1) is 16.8 Å². The zero-order valence-electron chi connectivity index (χ0n) is 15.8. The van der Waals surface area contributed by atoms with Crippen LogP contribution in [0.15, 0.2) is 36.5 Å². The number of rotatable bonds is 3. The fraction of sp³-hybridized carbons (Fsp3) is 0.286. The van der Waals surface area contributed by atoms with E-state index in [0.717, 1.165) is 24.1 Å². The number of benzene rings is 1. The van der Waals surface area contributed by atoms with Crippen LogP contribution in [0.4, 0.5) is 0 Å². The van der Waals surface area contributed by atoms with E-state index in [-0.39, 0.29) is 6.10 Å². The number of ketones is 1. The summed E-state index contributed by atoms with van der Waals surface area (Å²) in [4.78, 5) is 20.5. The van der Waals surface area contributed by atoms with E-state index in [2.05, 4.69) is 20.2 Å². The van der Waals surface area contributed by atoms with Crippen LogP contribution in [-0.2, 0) is 4.79 Å². The third-order valence-electron chi connectivity index (χ3n) is 5.22. The van der Waals surface area contributed by atoms with Crippen molar-refractivity contribution in [1.29, 1.82) is 0 Å². The van der Waals surface area contributed by atoms with E-state index in [0.29, 0.717) is 52.1 Å². The number of ether oxygens (including phenoxy) is 1. The van der Waals surface area contributed by atoms with E-state index in [1.807, 2.05) is 35.6 Å². The smallest absolute Gasteiger partial charge is 0.184 e. The summed E-state index contributed by atoms with van der Waals surface area (Å²) in [7, 11) is 0. The first-order chi connectivity index (χ1) is 14.1. The normalized spacial score (nSPS) is 15.3. The Kier molecular flexibility index (Phi) is 4.39. The van der Waals surface area contributed by atoms with Gasteiger partial charge < -0.3 is 4.74 Å². The van der Waals surface area contributed by atoms with Crippen LogP contribution in [0.25, 0.3) is 28.2 Å². The molecule has 1 saturated carbocycles. The number of hydrogen-bond donors (Lipinski definition) is 0. The van der Waals surface area contributed by atoms with Crippen molar-refractivity contribution in [3.8, 4) is 17.1 Å². The lowest BCUT2D eigenvalue weighted by atomic mass is 9.96. The van der Waals surface area contributed by atoms with Crippen LogP contribution in [-0.4, -0.2) is 36.5 Å². The lowest BCUT2D eigenvalue weighted by Crippen LogP contribution is -2.23. The Morgan fingerprint density at radius 1 is 1.14 bits per heavy atom. The van der Waals surface area contributed by atoms with Crippen molar-refractivity contribution >= 4 is 34.2 Å². The molecule has 0 bridgehead atoms. The minimum Gasteiger partial charge on any atom is -0.490 e. The summed E-state index contributed by atoms with van der Waals surface area (Å²) in [5.41, 5.74) is 3.54. The van der Waals surface area contributed by atoms with Crippen molar-refractivity contribution in [2.75, 3.05) is 0 Å². The molecule has 1 aliphatic carbocycles. The number of halogens is 1. The fourth-order valence-corrected chi connectivity index (χ4v) is 3.95. The molecule has 146 valence electrons. The Morgan fingerprint density at radius 3 is 2.79 bits per heavy atom. The van der Waals surface area contributed by atoms with Crippen molar-refractivity contribution in [2.24, 2.45) is 0 Å². The highest BCUT2D eigenvalue weighted by Gasteiger charge is 2.22. The number of nitrogens with zero attached hydrogens (tertiary/aromatic N) is 5. The quantitative estimate of drug-likeness (QED) is 0.506. The van der Waals surface area contributed by atoms with Crippen molar-refractivity contribution < 1.29 is 9.53 Å². The maximum absolute atomic E-state index is 11.5. The van der Waals surface area contributed by atoms with Crippen molar-refractivity contribution in [2.45, 2.75) is 38.7 Å². The van der Waals surface area contributed by atoms with Gasteiger partial charge >= 0.3 is 0 Å². The molecule has 29 heavy (non-hydrogen) atoms. The Morgan fingerprint density at radius 2 is 1.97 bits per heavy atom. The van der Waals surface area contributed by atoms with Gasteiger partial charge in [0.1, 0.15) is 17.0 Å². The molecule has 7 nitrogen and oxygen atoms in total. The summed E-state index contributed by atoms with van der Waals surface area (Å²) in [6.45, 7) is 1.89. The lowest BCUT2D eigenvalue weighted by molar-refractivity contribution is -0.121. The van der Waals surface area contributed by atoms with Crippen LogP contribution in [0.2, 0.25) is 5.02 Å². The first kappa shape index (κ1) is 18.0. The van der Waals surface area contributed by atoms with Crippen LogP contribution in [0.1, 0.15) is 31.4 Å². The molecule has 1 aliphatic rings.